The van der Waals surface area contributed by atoms with Gasteiger partial charge in [-0.2, -0.15) is 0 Å². The number of likely N-dealkylation sites (tertiary alicyclic amines) is 1. The lowest BCUT2D eigenvalue weighted by Gasteiger charge is -2.22. The molecule has 1 aromatic rings. The fourth-order valence-corrected chi connectivity index (χ4v) is 2.40. The fraction of sp³-hybridized carbons (Fsp3) is 0.533. The number of hydrogen-bond donors (Lipinski definition) is 0. The van der Waals surface area contributed by atoms with E-state index >= 15 is 0 Å². The predicted molar refractivity (Wildman–Crippen MR) is 73.2 cm³/mol. The molecule has 104 valence electrons. The van der Waals surface area contributed by atoms with Crippen LogP contribution in [0.25, 0.3) is 0 Å². The van der Waals surface area contributed by atoms with Gasteiger partial charge in [0.25, 0.3) is 0 Å². The van der Waals surface area contributed by atoms with E-state index in [9.17, 15) is 4.79 Å². The zero-order valence-electron chi connectivity index (χ0n) is 11.4. The minimum Gasteiger partial charge on any atom is -0.492 e. The molecule has 0 N–H and O–H groups in total. The van der Waals surface area contributed by atoms with Crippen molar-refractivity contribution in [2.24, 2.45) is 0 Å². The van der Waals surface area contributed by atoms with Gasteiger partial charge in [-0.25, -0.2) is 0 Å². The van der Waals surface area contributed by atoms with E-state index < -0.39 is 0 Å². The highest BCUT2D eigenvalue weighted by Gasteiger charge is 2.31. The van der Waals surface area contributed by atoms with Crippen molar-refractivity contribution in [3.05, 3.63) is 30.3 Å². The molecule has 0 radical (unpaired) electrons. The molecule has 19 heavy (non-hydrogen) atoms. The average molecular weight is 263 g/mol. The zero-order chi connectivity index (χ0) is 13.5. The zero-order valence-corrected chi connectivity index (χ0v) is 11.4. The molecule has 4 nitrogen and oxygen atoms in total. The van der Waals surface area contributed by atoms with Gasteiger partial charge in [-0.15, -0.1) is 0 Å². The summed E-state index contributed by atoms with van der Waals surface area (Å²) in [5.74, 6) is 0.772. The molecule has 0 spiro atoms. The number of carbonyl (C=O) groups is 1. The molecule has 0 aromatic heterocycles. The summed E-state index contributed by atoms with van der Waals surface area (Å²) < 4.78 is 10.8. The molecule has 1 heterocycles. The molecule has 4 heteroatoms. The molecular formula is C15H21NO3. The van der Waals surface area contributed by atoms with Gasteiger partial charge in [0.05, 0.1) is 6.61 Å². The molecular weight excluding hydrogens is 242 g/mol. The lowest BCUT2D eigenvalue weighted by atomic mass is 10.2. The quantitative estimate of drug-likeness (QED) is 0.737. The van der Waals surface area contributed by atoms with Gasteiger partial charge >= 0.3 is 5.97 Å². The number of carbonyl (C=O) groups excluding carboxylic acids is 1. The SMILES string of the molecule is CCOC(=O)C1CCCN1CCOc1ccccc1. The van der Waals surface area contributed by atoms with Crippen LogP contribution >= 0.6 is 0 Å². The van der Waals surface area contributed by atoms with Crippen molar-refractivity contribution in [1.82, 2.24) is 4.90 Å². The molecule has 0 aliphatic carbocycles. The minimum absolute atomic E-state index is 0.0840. The van der Waals surface area contributed by atoms with Crippen LogP contribution in [0.2, 0.25) is 0 Å². The Balaban J connectivity index is 1.77. The van der Waals surface area contributed by atoms with Gasteiger partial charge in [0.1, 0.15) is 18.4 Å². The first-order chi connectivity index (χ1) is 9.31. The Hall–Kier alpha value is -1.55. The normalized spacial score (nSPS) is 19.3. The van der Waals surface area contributed by atoms with Crippen LogP contribution in [-0.4, -0.2) is 43.2 Å². The molecule has 0 bridgehead atoms. The average Bonchev–Trinajstić information content (AvgIpc) is 2.89. The molecule has 0 saturated carbocycles. The number of para-hydroxylation sites is 1. The third kappa shape index (κ3) is 3.96. The van der Waals surface area contributed by atoms with Crippen molar-refractivity contribution in [2.75, 3.05) is 26.3 Å². The van der Waals surface area contributed by atoms with Crippen molar-refractivity contribution >= 4 is 5.97 Å². The molecule has 1 aromatic carbocycles. The van der Waals surface area contributed by atoms with E-state index in [1.54, 1.807) is 0 Å². The van der Waals surface area contributed by atoms with Crippen molar-refractivity contribution in [3.63, 3.8) is 0 Å². The number of benzene rings is 1. The Kier molecular flexibility index (Phi) is 5.21. The summed E-state index contributed by atoms with van der Waals surface area (Å²) in [7, 11) is 0. The van der Waals surface area contributed by atoms with Crippen LogP contribution in [0.1, 0.15) is 19.8 Å². The van der Waals surface area contributed by atoms with Crippen LogP contribution in [0.3, 0.4) is 0 Å². The largest absolute Gasteiger partial charge is 0.492 e. The maximum atomic E-state index is 11.8. The maximum Gasteiger partial charge on any atom is 0.323 e. The van der Waals surface area contributed by atoms with E-state index in [4.69, 9.17) is 9.47 Å². The molecule has 1 fully saturated rings. The second kappa shape index (κ2) is 7.14. The van der Waals surface area contributed by atoms with Crippen LogP contribution in [0.5, 0.6) is 5.75 Å². The third-order valence-corrected chi connectivity index (χ3v) is 3.31. The van der Waals surface area contributed by atoms with Gasteiger partial charge in [-0.1, -0.05) is 18.2 Å². The molecule has 1 saturated heterocycles. The molecule has 1 aliphatic rings. The first-order valence-corrected chi connectivity index (χ1v) is 6.90. The molecule has 1 unspecified atom stereocenters. The summed E-state index contributed by atoms with van der Waals surface area (Å²) in [4.78, 5) is 13.9. The highest BCUT2D eigenvalue weighted by atomic mass is 16.5. The van der Waals surface area contributed by atoms with Gasteiger partial charge in [-0.05, 0) is 38.4 Å². The lowest BCUT2D eigenvalue weighted by molar-refractivity contribution is -0.148. The van der Waals surface area contributed by atoms with Crippen LogP contribution in [0.4, 0.5) is 0 Å². The number of esters is 1. The first-order valence-electron chi connectivity index (χ1n) is 6.90. The van der Waals surface area contributed by atoms with Crippen molar-refractivity contribution in [1.29, 1.82) is 0 Å². The van der Waals surface area contributed by atoms with Crippen LogP contribution in [-0.2, 0) is 9.53 Å². The monoisotopic (exact) mass is 263 g/mol. The molecule has 2 rings (SSSR count). The number of hydrogen-bond acceptors (Lipinski definition) is 4. The van der Waals surface area contributed by atoms with Gasteiger partial charge in [0, 0.05) is 6.54 Å². The lowest BCUT2D eigenvalue weighted by Crippen LogP contribution is -2.39. The Morgan fingerprint density at radius 3 is 2.89 bits per heavy atom. The second-order valence-electron chi connectivity index (χ2n) is 4.61. The summed E-state index contributed by atoms with van der Waals surface area (Å²) >= 11 is 0. The second-order valence-corrected chi connectivity index (χ2v) is 4.61. The summed E-state index contributed by atoms with van der Waals surface area (Å²) in [6, 6.07) is 9.66. The van der Waals surface area contributed by atoms with Crippen molar-refractivity contribution < 1.29 is 14.3 Å². The third-order valence-electron chi connectivity index (χ3n) is 3.31. The van der Waals surface area contributed by atoms with E-state index in [0.29, 0.717) is 13.2 Å². The van der Waals surface area contributed by atoms with Gasteiger partial charge in [0.2, 0.25) is 0 Å². The van der Waals surface area contributed by atoms with Crippen LogP contribution in [0.15, 0.2) is 30.3 Å². The fourth-order valence-electron chi connectivity index (χ4n) is 2.40. The van der Waals surface area contributed by atoms with Crippen LogP contribution in [0, 0.1) is 0 Å². The van der Waals surface area contributed by atoms with Crippen molar-refractivity contribution in [2.45, 2.75) is 25.8 Å². The summed E-state index contributed by atoms with van der Waals surface area (Å²) in [5, 5.41) is 0. The topological polar surface area (TPSA) is 38.8 Å². The summed E-state index contributed by atoms with van der Waals surface area (Å²) in [5.41, 5.74) is 0. The number of ether oxygens (including phenoxy) is 2. The first kappa shape index (κ1) is 13.9. The Bertz CT molecular complexity index is 394. The minimum atomic E-state index is -0.0975. The molecule has 1 atom stereocenters. The Morgan fingerprint density at radius 2 is 2.16 bits per heavy atom. The number of nitrogens with zero attached hydrogens (tertiary/aromatic N) is 1. The van der Waals surface area contributed by atoms with Crippen molar-refractivity contribution in [3.8, 4) is 5.75 Å². The van der Waals surface area contributed by atoms with Gasteiger partial charge in [0.15, 0.2) is 0 Å². The Labute approximate surface area is 114 Å². The van der Waals surface area contributed by atoms with E-state index in [0.717, 1.165) is 31.7 Å². The smallest absolute Gasteiger partial charge is 0.323 e. The van der Waals surface area contributed by atoms with E-state index in [1.807, 2.05) is 37.3 Å². The summed E-state index contributed by atoms with van der Waals surface area (Å²) in [6.45, 7) is 4.60. The number of rotatable bonds is 6. The van der Waals surface area contributed by atoms with E-state index in [2.05, 4.69) is 4.90 Å². The van der Waals surface area contributed by atoms with Crippen LogP contribution < -0.4 is 4.74 Å². The van der Waals surface area contributed by atoms with E-state index in [1.165, 1.54) is 0 Å². The van der Waals surface area contributed by atoms with Gasteiger partial charge in [-0.3, -0.25) is 9.69 Å². The highest BCUT2D eigenvalue weighted by molar-refractivity contribution is 5.76. The van der Waals surface area contributed by atoms with E-state index in [-0.39, 0.29) is 12.0 Å². The van der Waals surface area contributed by atoms with Gasteiger partial charge < -0.3 is 9.47 Å². The highest BCUT2D eigenvalue weighted by Crippen LogP contribution is 2.18. The molecule has 0 amide bonds. The predicted octanol–water partition coefficient (Wildman–Crippen LogP) is 2.09. The maximum absolute atomic E-state index is 11.8. The molecule has 1 aliphatic heterocycles. The standard InChI is InChI=1S/C15H21NO3/c1-2-18-15(17)14-9-6-10-16(14)11-12-19-13-7-4-3-5-8-13/h3-5,7-8,14H,2,6,9-12H2,1H3. The Morgan fingerprint density at radius 1 is 1.37 bits per heavy atom. The summed E-state index contributed by atoms with van der Waals surface area (Å²) in [6.07, 6.45) is 1.94.